The van der Waals surface area contributed by atoms with Gasteiger partial charge in [0.2, 0.25) is 0 Å². The summed E-state index contributed by atoms with van der Waals surface area (Å²) in [7, 11) is 1.36. The van der Waals surface area contributed by atoms with Gasteiger partial charge in [0.1, 0.15) is 5.69 Å². The monoisotopic (exact) mass is 204 g/mol. The average molecular weight is 204 g/mol. The number of Topliss-reactive ketones (excluding diaryl/α,β-unsaturated/α-hetero) is 1. The number of aromatic nitrogens is 2. The van der Waals surface area contributed by atoms with E-state index in [1.165, 1.54) is 7.05 Å². The van der Waals surface area contributed by atoms with E-state index < -0.39 is 11.9 Å². The number of alkyl halides is 3. The highest BCUT2D eigenvalue weighted by atomic mass is 19.4. The van der Waals surface area contributed by atoms with E-state index in [0.29, 0.717) is 0 Å². The van der Waals surface area contributed by atoms with E-state index in [1.54, 1.807) is 0 Å². The summed E-state index contributed by atoms with van der Waals surface area (Å²) in [5, 5.41) is 3.32. The lowest BCUT2D eigenvalue weighted by Gasteiger charge is -2.02. The zero-order valence-electron chi connectivity index (χ0n) is 7.35. The van der Waals surface area contributed by atoms with E-state index in [1.807, 2.05) is 0 Å². The Labute approximate surface area is 77.5 Å². The largest absolute Gasteiger partial charge is 0.435 e. The van der Waals surface area contributed by atoms with Gasteiger partial charge >= 0.3 is 6.18 Å². The van der Waals surface area contributed by atoms with Crippen molar-refractivity contribution in [1.29, 1.82) is 0 Å². The lowest BCUT2D eigenvalue weighted by Crippen LogP contribution is -2.09. The Kier molecular flexibility index (Phi) is 1.71. The molecular weight excluding hydrogens is 197 g/mol. The number of carbonyl (C=O) groups excluding carboxylic acids is 1. The van der Waals surface area contributed by atoms with Crippen LogP contribution in [0.4, 0.5) is 13.2 Å². The molecule has 3 nitrogen and oxygen atoms in total. The Balaban J connectivity index is 2.62. The fraction of sp³-hybridized carbons (Fsp3) is 0.500. The molecule has 1 aromatic rings. The molecule has 0 atom stereocenters. The van der Waals surface area contributed by atoms with Crippen molar-refractivity contribution in [3.05, 3.63) is 17.0 Å². The van der Waals surface area contributed by atoms with E-state index >= 15 is 0 Å². The Hall–Kier alpha value is -1.33. The summed E-state index contributed by atoms with van der Waals surface area (Å²) in [6, 6.07) is 0. The molecule has 0 spiro atoms. The van der Waals surface area contributed by atoms with Crippen molar-refractivity contribution in [3.8, 4) is 0 Å². The van der Waals surface area contributed by atoms with Crippen molar-refractivity contribution in [1.82, 2.24) is 9.78 Å². The maximum absolute atomic E-state index is 12.4. The Morgan fingerprint density at radius 3 is 2.57 bits per heavy atom. The summed E-state index contributed by atoms with van der Waals surface area (Å²) in [6.07, 6.45) is -4.16. The smallest absolute Gasteiger partial charge is 0.292 e. The molecule has 0 aliphatic heterocycles. The Morgan fingerprint density at radius 2 is 2.00 bits per heavy atom. The summed E-state index contributed by atoms with van der Waals surface area (Å²) in [5.74, 6) is -0.259. The summed E-state index contributed by atoms with van der Waals surface area (Å²) >= 11 is 0. The van der Waals surface area contributed by atoms with Gasteiger partial charge in [-0.05, 0) is 6.42 Å². The number of rotatable bonds is 0. The molecule has 1 aliphatic rings. The normalized spacial score (nSPS) is 16.1. The van der Waals surface area contributed by atoms with Crippen LogP contribution in [0.3, 0.4) is 0 Å². The predicted octanol–water partition coefficient (Wildman–Crippen LogP) is 1.57. The van der Waals surface area contributed by atoms with Gasteiger partial charge in [0.05, 0.1) is 0 Å². The first kappa shape index (κ1) is 9.23. The number of ketones is 1. The van der Waals surface area contributed by atoms with Crippen LogP contribution in [0, 0.1) is 0 Å². The topological polar surface area (TPSA) is 34.9 Å². The summed E-state index contributed by atoms with van der Waals surface area (Å²) in [4.78, 5) is 11.2. The number of fused-ring (bicyclic) bond motifs is 1. The van der Waals surface area contributed by atoms with E-state index in [4.69, 9.17) is 0 Å². The average Bonchev–Trinajstić information content (AvgIpc) is 2.54. The fourth-order valence-corrected chi connectivity index (χ4v) is 1.74. The first-order valence-electron chi connectivity index (χ1n) is 4.07. The van der Waals surface area contributed by atoms with Gasteiger partial charge in [0, 0.05) is 19.0 Å². The Morgan fingerprint density at radius 1 is 1.36 bits per heavy atom. The highest BCUT2D eigenvalue weighted by molar-refractivity contribution is 5.99. The van der Waals surface area contributed by atoms with Crippen LogP contribution in [0.2, 0.25) is 0 Å². The highest BCUT2D eigenvalue weighted by Gasteiger charge is 2.41. The van der Waals surface area contributed by atoms with Crippen molar-refractivity contribution in [3.63, 3.8) is 0 Å². The molecule has 0 amide bonds. The second-order valence-corrected chi connectivity index (χ2v) is 3.22. The van der Waals surface area contributed by atoms with Crippen LogP contribution >= 0.6 is 0 Å². The van der Waals surface area contributed by atoms with Gasteiger partial charge in [-0.25, -0.2) is 0 Å². The summed E-state index contributed by atoms with van der Waals surface area (Å²) in [5.41, 5.74) is -0.761. The van der Waals surface area contributed by atoms with Crippen molar-refractivity contribution < 1.29 is 18.0 Å². The van der Waals surface area contributed by atoms with Gasteiger partial charge in [-0.1, -0.05) is 0 Å². The molecule has 0 saturated heterocycles. The van der Waals surface area contributed by atoms with Crippen LogP contribution in [-0.4, -0.2) is 15.6 Å². The van der Waals surface area contributed by atoms with Crippen LogP contribution in [0.15, 0.2) is 0 Å². The number of carbonyl (C=O) groups is 1. The molecular formula is C8H7F3N2O. The number of hydrogen-bond donors (Lipinski definition) is 0. The predicted molar refractivity (Wildman–Crippen MR) is 40.9 cm³/mol. The maximum atomic E-state index is 12.4. The molecule has 76 valence electrons. The van der Waals surface area contributed by atoms with E-state index in [0.717, 1.165) is 4.68 Å². The van der Waals surface area contributed by atoms with Crippen molar-refractivity contribution in [2.75, 3.05) is 0 Å². The van der Waals surface area contributed by atoms with Gasteiger partial charge in [-0.15, -0.1) is 0 Å². The molecule has 0 bridgehead atoms. The molecule has 0 fully saturated rings. The quantitative estimate of drug-likeness (QED) is 0.642. The second kappa shape index (κ2) is 2.59. The highest BCUT2D eigenvalue weighted by Crippen LogP contribution is 2.35. The third-order valence-corrected chi connectivity index (χ3v) is 2.28. The van der Waals surface area contributed by atoms with Crippen LogP contribution in [0.1, 0.15) is 28.2 Å². The third kappa shape index (κ3) is 1.13. The molecule has 0 unspecified atom stereocenters. The maximum Gasteiger partial charge on any atom is 0.435 e. The second-order valence-electron chi connectivity index (χ2n) is 3.22. The van der Waals surface area contributed by atoms with Crippen LogP contribution in [0.5, 0.6) is 0 Å². The zero-order valence-corrected chi connectivity index (χ0v) is 7.35. The molecule has 1 aliphatic carbocycles. The first-order chi connectivity index (χ1) is 6.41. The fourth-order valence-electron chi connectivity index (χ4n) is 1.74. The molecule has 0 radical (unpaired) electrons. The summed E-state index contributed by atoms with van der Waals surface area (Å²) < 4.78 is 38.2. The molecule has 2 rings (SSSR count). The number of aryl methyl sites for hydroxylation is 1. The molecule has 0 aromatic carbocycles. The van der Waals surface area contributed by atoms with Crippen molar-refractivity contribution in [2.45, 2.75) is 19.0 Å². The number of hydrogen-bond acceptors (Lipinski definition) is 2. The lowest BCUT2D eigenvalue weighted by atomic mass is 10.2. The third-order valence-electron chi connectivity index (χ3n) is 2.28. The van der Waals surface area contributed by atoms with E-state index in [-0.39, 0.29) is 29.9 Å². The van der Waals surface area contributed by atoms with Gasteiger partial charge < -0.3 is 0 Å². The van der Waals surface area contributed by atoms with Crippen LogP contribution in [0.25, 0.3) is 0 Å². The minimum Gasteiger partial charge on any atom is -0.292 e. The van der Waals surface area contributed by atoms with Crippen molar-refractivity contribution in [2.24, 2.45) is 7.05 Å². The molecule has 0 N–H and O–H groups in total. The number of nitrogens with zero attached hydrogens (tertiary/aromatic N) is 2. The minimum atomic E-state index is -4.46. The standard InChI is InChI=1S/C8H7F3N2O/c1-13-6-4(2-3-5(6)14)7(12-13)8(9,10)11/h2-3H2,1H3. The molecule has 1 aromatic heterocycles. The molecule has 0 saturated carbocycles. The number of halogens is 3. The van der Waals surface area contributed by atoms with E-state index in [2.05, 4.69) is 5.10 Å². The zero-order chi connectivity index (χ0) is 10.5. The molecule has 14 heavy (non-hydrogen) atoms. The lowest BCUT2D eigenvalue weighted by molar-refractivity contribution is -0.142. The van der Waals surface area contributed by atoms with Gasteiger partial charge in [0.15, 0.2) is 11.5 Å². The summed E-state index contributed by atoms with van der Waals surface area (Å²) in [6.45, 7) is 0. The molecule has 6 heteroatoms. The van der Waals surface area contributed by atoms with Crippen LogP contribution < -0.4 is 0 Å². The first-order valence-corrected chi connectivity index (χ1v) is 4.07. The Bertz CT molecular complexity index is 405. The SMILES string of the molecule is Cn1nc(C(F)(F)F)c2c1C(=O)CC2. The molecule has 1 heterocycles. The van der Waals surface area contributed by atoms with Gasteiger partial charge in [-0.2, -0.15) is 18.3 Å². The van der Waals surface area contributed by atoms with E-state index in [9.17, 15) is 18.0 Å². The van der Waals surface area contributed by atoms with Gasteiger partial charge in [0.25, 0.3) is 0 Å². The van der Waals surface area contributed by atoms with Crippen molar-refractivity contribution >= 4 is 5.78 Å². The van der Waals surface area contributed by atoms with Crippen LogP contribution in [-0.2, 0) is 19.6 Å². The van der Waals surface area contributed by atoms with Gasteiger partial charge in [-0.3, -0.25) is 9.48 Å². The minimum absolute atomic E-state index is 0.0463.